The third kappa shape index (κ3) is 5.40. The lowest BCUT2D eigenvalue weighted by Crippen LogP contribution is -2.46. The highest BCUT2D eigenvalue weighted by atomic mass is 32.2. The van der Waals surface area contributed by atoms with Crippen LogP contribution in [-0.4, -0.2) is 53.1 Å². The molecule has 3 rings (SSSR count). The quantitative estimate of drug-likeness (QED) is 0.734. The van der Waals surface area contributed by atoms with Crippen LogP contribution >= 0.6 is 0 Å². The Bertz CT molecular complexity index is 735. The van der Waals surface area contributed by atoms with Gasteiger partial charge in [-0.2, -0.15) is 0 Å². The van der Waals surface area contributed by atoms with Crippen molar-refractivity contribution in [3.05, 3.63) is 29.6 Å². The number of ether oxygens (including phenoxy) is 2. The zero-order valence-corrected chi connectivity index (χ0v) is 16.7. The molecule has 1 saturated carbocycles. The van der Waals surface area contributed by atoms with Crippen molar-refractivity contribution >= 4 is 10.0 Å². The van der Waals surface area contributed by atoms with Gasteiger partial charge in [0.1, 0.15) is 11.6 Å². The molecule has 2 atom stereocenters. The topological polar surface area (TPSA) is 76.7 Å². The molecule has 2 aliphatic rings. The van der Waals surface area contributed by atoms with Crippen LogP contribution in [0.25, 0.3) is 0 Å². The molecule has 0 radical (unpaired) electrons. The summed E-state index contributed by atoms with van der Waals surface area (Å²) < 4.78 is 51.3. The van der Waals surface area contributed by atoms with Crippen LogP contribution in [0.5, 0.6) is 5.75 Å². The summed E-state index contributed by atoms with van der Waals surface area (Å²) >= 11 is 0. The molecule has 0 unspecified atom stereocenters. The van der Waals surface area contributed by atoms with Gasteiger partial charge in [0.25, 0.3) is 0 Å². The van der Waals surface area contributed by atoms with E-state index in [2.05, 4.69) is 10.0 Å². The first kappa shape index (κ1) is 20.5. The zero-order valence-electron chi connectivity index (χ0n) is 15.9. The molecule has 1 saturated heterocycles. The fourth-order valence-electron chi connectivity index (χ4n) is 4.21. The molecule has 2 fully saturated rings. The first-order chi connectivity index (χ1) is 12.9. The van der Waals surface area contributed by atoms with E-state index in [9.17, 15) is 12.8 Å². The number of halogens is 1. The molecule has 0 bridgehead atoms. The summed E-state index contributed by atoms with van der Waals surface area (Å²) in [4.78, 5) is 0. The maximum absolute atomic E-state index is 14.3. The summed E-state index contributed by atoms with van der Waals surface area (Å²) in [6.07, 6.45) is 5.50. The van der Waals surface area contributed by atoms with E-state index in [1.165, 1.54) is 12.3 Å². The molecule has 0 spiro atoms. The second-order valence-corrected chi connectivity index (χ2v) is 9.29. The number of rotatable bonds is 7. The second kappa shape index (κ2) is 8.86. The molecule has 1 heterocycles. The lowest BCUT2D eigenvalue weighted by atomic mass is 9.82. The number of hydrogen-bond acceptors (Lipinski definition) is 5. The van der Waals surface area contributed by atoms with Crippen molar-refractivity contribution in [2.24, 2.45) is 0 Å². The summed E-state index contributed by atoms with van der Waals surface area (Å²) in [5, 5.41) is 3.31. The molecule has 1 aliphatic carbocycles. The number of benzene rings is 1. The summed E-state index contributed by atoms with van der Waals surface area (Å²) in [5.74, 6) is 0.554. The first-order valence-corrected chi connectivity index (χ1v) is 11.4. The van der Waals surface area contributed by atoms with Gasteiger partial charge in [0.2, 0.25) is 10.0 Å². The van der Waals surface area contributed by atoms with Gasteiger partial charge in [-0.05, 0) is 56.7 Å². The Kier molecular flexibility index (Phi) is 6.73. The van der Waals surface area contributed by atoms with Gasteiger partial charge in [0.15, 0.2) is 0 Å². The molecule has 2 N–H and O–H groups in total. The van der Waals surface area contributed by atoms with E-state index in [4.69, 9.17) is 9.47 Å². The van der Waals surface area contributed by atoms with E-state index in [0.29, 0.717) is 17.9 Å². The monoisotopic (exact) mass is 400 g/mol. The van der Waals surface area contributed by atoms with E-state index in [1.54, 1.807) is 13.2 Å². The first-order valence-electron chi connectivity index (χ1n) is 9.52. The normalized spacial score (nSPS) is 29.0. The summed E-state index contributed by atoms with van der Waals surface area (Å²) in [6.45, 7) is 1.26. The van der Waals surface area contributed by atoms with Gasteiger partial charge in [-0.3, -0.25) is 0 Å². The fourth-order valence-corrected chi connectivity index (χ4v) is 5.04. The maximum atomic E-state index is 14.3. The number of sulfonamides is 1. The highest BCUT2D eigenvalue weighted by molar-refractivity contribution is 7.88. The van der Waals surface area contributed by atoms with Crippen LogP contribution in [-0.2, 0) is 14.8 Å². The largest absolute Gasteiger partial charge is 0.496 e. The van der Waals surface area contributed by atoms with Gasteiger partial charge >= 0.3 is 0 Å². The third-order valence-corrected chi connectivity index (χ3v) is 6.27. The highest BCUT2D eigenvalue weighted by Gasteiger charge is 2.31. The van der Waals surface area contributed by atoms with Crippen molar-refractivity contribution in [1.82, 2.24) is 10.0 Å². The Morgan fingerprint density at radius 3 is 2.63 bits per heavy atom. The molecule has 27 heavy (non-hydrogen) atoms. The lowest BCUT2D eigenvalue weighted by molar-refractivity contribution is 0.0123. The van der Waals surface area contributed by atoms with E-state index in [1.807, 2.05) is 6.07 Å². The predicted octanol–water partition coefficient (Wildman–Crippen LogP) is 2.16. The molecule has 1 aromatic rings. The lowest BCUT2D eigenvalue weighted by Gasteiger charge is -2.31. The van der Waals surface area contributed by atoms with Crippen molar-refractivity contribution in [3.63, 3.8) is 0 Å². The van der Waals surface area contributed by atoms with Crippen LogP contribution in [0.1, 0.15) is 43.6 Å². The Balaban J connectivity index is 1.50. The Hall–Kier alpha value is -1.22. The van der Waals surface area contributed by atoms with Crippen molar-refractivity contribution in [2.75, 3.05) is 26.5 Å². The molecule has 0 aromatic heterocycles. The minimum atomic E-state index is -3.23. The van der Waals surface area contributed by atoms with E-state index in [-0.39, 0.29) is 29.9 Å². The van der Waals surface area contributed by atoms with E-state index < -0.39 is 10.0 Å². The molecular weight excluding hydrogens is 371 g/mol. The summed E-state index contributed by atoms with van der Waals surface area (Å²) in [7, 11) is -1.65. The number of methoxy groups -OCH3 is 1. The highest BCUT2D eigenvalue weighted by Crippen LogP contribution is 2.39. The molecule has 152 valence electrons. The van der Waals surface area contributed by atoms with Crippen molar-refractivity contribution in [3.8, 4) is 5.75 Å². The van der Waals surface area contributed by atoms with Crippen molar-refractivity contribution in [2.45, 2.75) is 56.2 Å². The average molecular weight is 401 g/mol. The van der Waals surface area contributed by atoms with Gasteiger partial charge < -0.3 is 14.8 Å². The molecule has 8 heteroatoms. The van der Waals surface area contributed by atoms with Gasteiger partial charge in [-0.25, -0.2) is 17.5 Å². The standard InChI is InChI=1S/C19H29FN2O4S/c1-25-18-5-3-4-15(20)19(18)13-6-8-14(9-7-13)26-12-17-16(10-11-21-17)22-27(2,23)24/h3-5,13-14,16-17,21-22H,6-12H2,1-2H3/t13-,14+,16-,17-/m0/s1. The van der Waals surface area contributed by atoms with Crippen LogP contribution in [0.15, 0.2) is 18.2 Å². The Morgan fingerprint density at radius 1 is 1.22 bits per heavy atom. The van der Waals surface area contributed by atoms with E-state index >= 15 is 0 Å². The SMILES string of the molecule is COc1cccc(F)c1[C@H]1CC[C@@H](OC[C@@H]2NCC[C@@H]2NS(C)(=O)=O)CC1. The number of hydrogen-bond donors (Lipinski definition) is 2. The van der Waals surface area contributed by atoms with Gasteiger partial charge in [-0.15, -0.1) is 0 Å². The minimum absolute atomic E-state index is 0.0101. The predicted molar refractivity (Wildman–Crippen MR) is 102 cm³/mol. The average Bonchev–Trinajstić information content (AvgIpc) is 3.05. The summed E-state index contributed by atoms with van der Waals surface area (Å²) in [5.41, 5.74) is 0.674. The molecule has 6 nitrogen and oxygen atoms in total. The van der Waals surface area contributed by atoms with Crippen LogP contribution in [0, 0.1) is 5.82 Å². The van der Waals surface area contributed by atoms with Crippen LogP contribution < -0.4 is 14.8 Å². The van der Waals surface area contributed by atoms with Gasteiger partial charge in [0, 0.05) is 17.6 Å². The maximum Gasteiger partial charge on any atom is 0.209 e. The molecule has 0 amide bonds. The van der Waals surface area contributed by atoms with Crippen molar-refractivity contribution in [1.29, 1.82) is 0 Å². The zero-order chi connectivity index (χ0) is 19.4. The number of nitrogens with one attached hydrogen (secondary N) is 2. The van der Waals surface area contributed by atoms with Crippen LogP contribution in [0.2, 0.25) is 0 Å². The smallest absolute Gasteiger partial charge is 0.209 e. The van der Waals surface area contributed by atoms with Crippen molar-refractivity contribution < 1.29 is 22.3 Å². The Labute approximate surface area is 160 Å². The fraction of sp³-hybridized carbons (Fsp3) is 0.684. The Morgan fingerprint density at radius 2 is 1.96 bits per heavy atom. The van der Waals surface area contributed by atoms with E-state index in [0.717, 1.165) is 38.6 Å². The second-order valence-electron chi connectivity index (χ2n) is 7.51. The molecular formula is C19H29FN2O4S. The van der Waals surface area contributed by atoms with Crippen LogP contribution in [0.4, 0.5) is 4.39 Å². The van der Waals surface area contributed by atoms with Crippen LogP contribution in [0.3, 0.4) is 0 Å². The molecule has 1 aliphatic heterocycles. The van der Waals surface area contributed by atoms with Gasteiger partial charge in [-0.1, -0.05) is 6.07 Å². The minimum Gasteiger partial charge on any atom is -0.496 e. The summed E-state index contributed by atoms with van der Waals surface area (Å²) in [6, 6.07) is 4.83. The molecule has 1 aromatic carbocycles. The van der Waals surface area contributed by atoms with Gasteiger partial charge in [0.05, 0.1) is 26.1 Å². The third-order valence-electron chi connectivity index (χ3n) is 5.54.